The van der Waals surface area contributed by atoms with Gasteiger partial charge in [0, 0.05) is 6.54 Å². The van der Waals surface area contributed by atoms with Crippen LogP contribution in [-0.2, 0) is 17.8 Å². The Morgan fingerprint density at radius 1 is 1.00 bits per heavy atom. The molecule has 26 heavy (non-hydrogen) atoms. The zero-order valence-corrected chi connectivity index (χ0v) is 15.9. The van der Waals surface area contributed by atoms with Crippen LogP contribution in [0.15, 0.2) is 48.5 Å². The molecule has 5 heteroatoms. The third-order valence-corrected chi connectivity index (χ3v) is 3.54. The number of hydrogen-bond donors (Lipinski definition) is 1. The van der Waals surface area contributed by atoms with Crippen LogP contribution in [0.25, 0.3) is 0 Å². The molecule has 2 aromatic carbocycles. The van der Waals surface area contributed by atoms with Crippen molar-refractivity contribution in [2.75, 3.05) is 13.7 Å². The van der Waals surface area contributed by atoms with Crippen molar-refractivity contribution in [1.82, 2.24) is 5.32 Å². The van der Waals surface area contributed by atoms with Crippen molar-refractivity contribution in [2.45, 2.75) is 39.4 Å². The summed E-state index contributed by atoms with van der Waals surface area (Å²) in [5.74, 6) is 1.62. The predicted octanol–water partition coefficient (Wildman–Crippen LogP) is 4.34. The molecule has 5 nitrogen and oxygen atoms in total. The van der Waals surface area contributed by atoms with E-state index in [-0.39, 0.29) is 0 Å². The number of carbonyl (C=O) groups is 1. The molecule has 0 bridgehead atoms. The summed E-state index contributed by atoms with van der Waals surface area (Å²) in [7, 11) is 1.65. The molecule has 0 heterocycles. The van der Waals surface area contributed by atoms with Crippen LogP contribution in [-0.4, -0.2) is 25.3 Å². The molecule has 0 aliphatic heterocycles. The van der Waals surface area contributed by atoms with E-state index < -0.39 is 11.7 Å². The number of carbonyl (C=O) groups excluding carboxylic acids is 1. The lowest BCUT2D eigenvalue weighted by molar-refractivity contribution is 0.0528. The monoisotopic (exact) mass is 357 g/mol. The van der Waals surface area contributed by atoms with Crippen LogP contribution in [0.4, 0.5) is 4.79 Å². The molecule has 0 saturated heterocycles. The van der Waals surface area contributed by atoms with Gasteiger partial charge in [-0.05, 0) is 62.6 Å². The predicted molar refractivity (Wildman–Crippen MR) is 102 cm³/mol. The molecular formula is C21H27NO4. The molecule has 0 saturated carbocycles. The highest BCUT2D eigenvalue weighted by Gasteiger charge is 2.15. The summed E-state index contributed by atoms with van der Waals surface area (Å²) in [6.07, 6.45) is 0.339. The van der Waals surface area contributed by atoms with Gasteiger partial charge in [0.15, 0.2) is 0 Å². The number of amides is 1. The molecule has 0 radical (unpaired) electrons. The van der Waals surface area contributed by atoms with Crippen LogP contribution in [0, 0.1) is 0 Å². The summed E-state index contributed by atoms with van der Waals surface area (Å²) >= 11 is 0. The van der Waals surface area contributed by atoms with Gasteiger partial charge in [0.1, 0.15) is 23.7 Å². The lowest BCUT2D eigenvalue weighted by atomic mass is 10.1. The summed E-state index contributed by atoms with van der Waals surface area (Å²) < 4.78 is 16.2. The minimum Gasteiger partial charge on any atom is -0.497 e. The third-order valence-electron chi connectivity index (χ3n) is 3.54. The second-order valence-electron chi connectivity index (χ2n) is 6.96. The Bertz CT molecular complexity index is 705. The van der Waals surface area contributed by atoms with Gasteiger partial charge in [-0.2, -0.15) is 0 Å². The Balaban J connectivity index is 1.76. The molecule has 0 fully saturated rings. The lowest BCUT2D eigenvalue weighted by Gasteiger charge is -2.19. The van der Waals surface area contributed by atoms with Gasteiger partial charge >= 0.3 is 6.09 Å². The maximum Gasteiger partial charge on any atom is 0.407 e. The van der Waals surface area contributed by atoms with E-state index in [0.29, 0.717) is 13.2 Å². The fourth-order valence-electron chi connectivity index (χ4n) is 2.30. The number of rotatable bonds is 7. The Morgan fingerprint density at radius 2 is 1.73 bits per heavy atom. The molecule has 1 N–H and O–H groups in total. The van der Waals surface area contributed by atoms with Crippen molar-refractivity contribution in [3.05, 3.63) is 59.7 Å². The van der Waals surface area contributed by atoms with Crippen molar-refractivity contribution < 1.29 is 19.0 Å². The fraction of sp³-hybridized carbons (Fsp3) is 0.381. The van der Waals surface area contributed by atoms with Crippen molar-refractivity contribution in [2.24, 2.45) is 0 Å². The van der Waals surface area contributed by atoms with Crippen molar-refractivity contribution in [3.63, 3.8) is 0 Å². The quantitative estimate of drug-likeness (QED) is 0.801. The van der Waals surface area contributed by atoms with Gasteiger partial charge < -0.3 is 19.5 Å². The first-order valence-corrected chi connectivity index (χ1v) is 8.67. The van der Waals surface area contributed by atoms with E-state index in [1.54, 1.807) is 7.11 Å². The normalized spacial score (nSPS) is 10.9. The van der Waals surface area contributed by atoms with E-state index in [2.05, 4.69) is 5.32 Å². The zero-order chi connectivity index (χ0) is 19.0. The Labute approximate surface area is 155 Å². The maximum absolute atomic E-state index is 11.6. The molecule has 0 unspecified atom stereocenters. The Kier molecular flexibility index (Phi) is 6.89. The van der Waals surface area contributed by atoms with Gasteiger partial charge in [-0.1, -0.05) is 24.3 Å². The third kappa shape index (κ3) is 7.05. The zero-order valence-electron chi connectivity index (χ0n) is 15.9. The number of ether oxygens (including phenoxy) is 3. The van der Waals surface area contributed by atoms with Crippen molar-refractivity contribution >= 4 is 6.09 Å². The van der Waals surface area contributed by atoms with Crippen LogP contribution >= 0.6 is 0 Å². The largest absolute Gasteiger partial charge is 0.497 e. The molecule has 2 rings (SSSR count). The van der Waals surface area contributed by atoms with Crippen LogP contribution in [0.3, 0.4) is 0 Å². The summed E-state index contributed by atoms with van der Waals surface area (Å²) in [6, 6.07) is 15.7. The van der Waals surface area contributed by atoms with Crippen LogP contribution in [0.2, 0.25) is 0 Å². The molecule has 0 atom stereocenters. The van der Waals surface area contributed by atoms with E-state index in [9.17, 15) is 4.79 Å². The van der Waals surface area contributed by atoms with Crippen LogP contribution < -0.4 is 14.8 Å². The Morgan fingerprint density at radius 3 is 2.38 bits per heavy atom. The summed E-state index contributed by atoms with van der Waals surface area (Å²) in [6.45, 7) is 6.54. The van der Waals surface area contributed by atoms with Gasteiger partial charge in [-0.15, -0.1) is 0 Å². The van der Waals surface area contributed by atoms with Crippen molar-refractivity contribution in [3.8, 4) is 11.5 Å². The first kappa shape index (κ1) is 19.6. The minimum atomic E-state index is -0.480. The lowest BCUT2D eigenvalue weighted by Crippen LogP contribution is -2.33. The highest BCUT2D eigenvalue weighted by Crippen LogP contribution is 2.17. The van der Waals surface area contributed by atoms with Gasteiger partial charge in [0.25, 0.3) is 0 Å². The topological polar surface area (TPSA) is 56.8 Å². The number of benzene rings is 2. The van der Waals surface area contributed by atoms with Gasteiger partial charge in [0.2, 0.25) is 0 Å². The van der Waals surface area contributed by atoms with Crippen LogP contribution in [0.1, 0.15) is 31.9 Å². The SMILES string of the molecule is COc1cccc(COc2ccc(CCNC(=O)OC(C)(C)C)cc2)c1. The molecule has 0 spiro atoms. The molecule has 0 aliphatic carbocycles. The summed E-state index contributed by atoms with van der Waals surface area (Å²) in [5, 5.41) is 2.76. The molecule has 0 aliphatic rings. The molecule has 0 aromatic heterocycles. The molecule has 1 amide bonds. The summed E-state index contributed by atoms with van der Waals surface area (Å²) in [5.41, 5.74) is 1.69. The molecular weight excluding hydrogens is 330 g/mol. The standard InChI is InChI=1S/C21H27NO4/c1-21(2,3)26-20(23)22-13-12-16-8-10-18(11-9-16)25-15-17-6-5-7-19(14-17)24-4/h5-11,14H,12-13,15H2,1-4H3,(H,22,23). The average Bonchev–Trinajstić information content (AvgIpc) is 2.60. The molecule has 140 valence electrons. The van der Waals surface area contributed by atoms with Crippen molar-refractivity contribution in [1.29, 1.82) is 0 Å². The molecule has 2 aromatic rings. The van der Waals surface area contributed by atoms with Gasteiger partial charge in [0.05, 0.1) is 7.11 Å². The van der Waals surface area contributed by atoms with E-state index in [1.165, 1.54) is 0 Å². The Hall–Kier alpha value is -2.69. The number of nitrogens with one attached hydrogen (secondary N) is 1. The summed E-state index contributed by atoms with van der Waals surface area (Å²) in [4.78, 5) is 11.6. The number of alkyl carbamates (subject to hydrolysis) is 1. The van der Waals surface area contributed by atoms with Gasteiger partial charge in [-0.3, -0.25) is 0 Å². The van der Waals surface area contributed by atoms with Gasteiger partial charge in [-0.25, -0.2) is 4.79 Å². The smallest absolute Gasteiger partial charge is 0.407 e. The number of methoxy groups -OCH3 is 1. The van der Waals surface area contributed by atoms with E-state index in [4.69, 9.17) is 14.2 Å². The average molecular weight is 357 g/mol. The van der Waals surface area contributed by atoms with Crippen LogP contribution in [0.5, 0.6) is 11.5 Å². The van der Waals surface area contributed by atoms with E-state index in [0.717, 1.165) is 29.0 Å². The second-order valence-corrected chi connectivity index (χ2v) is 6.96. The highest BCUT2D eigenvalue weighted by atomic mass is 16.6. The first-order valence-electron chi connectivity index (χ1n) is 8.67. The fourth-order valence-corrected chi connectivity index (χ4v) is 2.30. The number of hydrogen-bond acceptors (Lipinski definition) is 4. The van der Waals surface area contributed by atoms with E-state index >= 15 is 0 Å². The van der Waals surface area contributed by atoms with E-state index in [1.807, 2.05) is 69.3 Å². The maximum atomic E-state index is 11.6. The minimum absolute atomic E-state index is 0.393. The highest BCUT2D eigenvalue weighted by molar-refractivity contribution is 5.67. The first-order chi connectivity index (χ1) is 12.4. The second kappa shape index (κ2) is 9.13.